The molecule has 1 fully saturated rings. The highest BCUT2D eigenvalue weighted by Gasteiger charge is 2.39. The van der Waals surface area contributed by atoms with Crippen LogP contribution in [0.15, 0.2) is 30.5 Å². The number of carbonyl (C=O) groups is 3. The Balaban J connectivity index is 1.82. The summed E-state index contributed by atoms with van der Waals surface area (Å²) in [6.45, 7) is 14.9. The topological polar surface area (TPSA) is 141 Å². The van der Waals surface area contributed by atoms with Gasteiger partial charge in [-0.2, -0.15) is 4.90 Å². The zero-order chi connectivity index (χ0) is 36.3. The predicted molar refractivity (Wildman–Crippen MR) is 183 cm³/mol. The second-order valence-corrected chi connectivity index (χ2v) is 13.5. The molecule has 1 N–H and O–H groups in total. The summed E-state index contributed by atoms with van der Waals surface area (Å²) in [4.78, 5) is 54.2. The van der Waals surface area contributed by atoms with Crippen molar-refractivity contribution in [1.29, 1.82) is 0 Å². The van der Waals surface area contributed by atoms with Crippen molar-refractivity contribution in [2.24, 2.45) is 7.05 Å². The van der Waals surface area contributed by atoms with E-state index in [1.54, 1.807) is 48.5 Å². The van der Waals surface area contributed by atoms with Crippen molar-refractivity contribution in [3.63, 3.8) is 0 Å². The first-order chi connectivity index (χ1) is 22.9. The maximum atomic E-state index is 15.6. The fourth-order valence-corrected chi connectivity index (χ4v) is 5.09. The molecule has 2 aromatic heterocycles. The molecule has 49 heavy (non-hydrogen) atoms. The summed E-state index contributed by atoms with van der Waals surface area (Å²) in [5.74, 6) is -1.40. The molecule has 0 bridgehead atoms. The van der Waals surface area contributed by atoms with Crippen LogP contribution in [0.4, 0.5) is 37.1 Å². The number of piperazine rings is 1. The van der Waals surface area contributed by atoms with Gasteiger partial charge >= 0.3 is 18.2 Å². The molecule has 14 nitrogen and oxygen atoms in total. The number of halogens is 1. The summed E-state index contributed by atoms with van der Waals surface area (Å²) >= 11 is 0. The van der Waals surface area contributed by atoms with Crippen LogP contribution in [0.3, 0.4) is 0 Å². The number of nitrogens with zero attached hydrogens (tertiary/aromatic N) is 6. The minimum atomic E-state index is -1.11. The van der Waals surface area contributed by atoms with Gasteiger partial charge in [-0.1, -0.05) is 0 Å². The zero-order valence-corrected chi connectivity index (χ0v) is 29.8. The molecule has 4 rings (SSSR count). The lowest BCUT2D eigenvalue weighted by Gasteiger charge is -2.34. The number of anilines is 4. The number of imide groups is 1. The normalized spacial score (nSPS) is 13.9. The van der Waals surface area contributed by atoms with Gasteiger partial charge in [0.2, 0.25) is 5.95 Å². The molecule has 0 aliphatic carbocycles. The van der Waals surface area contributed by atoms with E-state index in [1.165, 1.54) is 24.8 Å². The average Bonchev–Trinajstić information content (AvgIpc) is 3.33. The van der Waals surface area contributed by atoms with E-state index in [0.29, 0.717) is 16.3 Å². The summed E-state index contributed by atoms with van der Waals surface area (Å²) in [5, 5.41) is 3.13. The Kier molecular flexibility index (Phi) is 11.1. The Morgan fingerprint density at radius 3 is 2.12 bits per heavy atom. The number of amides is 2. The number of likely N-dealkylation sites (N-methyl/N-ethyl adjacent to an activating group) is 1. The molecule has 1 aromatic carbocycles. The van der Waals surface area contributed by atoms with Gasteiger partial charge in [-0.3, -0.25) is 0 Å². The van der Waals surface area contributed by atoms with Crippen molar-refractivity contribution < 1.29 is 37.7 Å². The lowest BCUT2D eigenvalue weighted by Crippen LogP contribution is -2.45. The first-order valence-electron chi connectivity index (χ1n) is 16.0. The van der Waals surface area contributed by atoms with Crippen molar-refractivity contribution in [3.8, 4) is 17.1 Å². The van der Waals surface area contributed by atoms with Gasteiger partial charge in [0.1, 0.15) is 34.0 Å². The molecule has 1 aliphatic rings. The molecule has 3 heterocycles. The number of aromatic nitrogens is 3. The van der Waals surface area contributed by atoms with Gasteiger partial charge in [-0.05, 0) is 79.8 Å². The molecule has 0 radical (unpaired) electrons. The van der Waals surface area contributed by atoms with Crippen molar-refractivity contribution in [2.45, 2.75) is 59.7 Å². The maximum absolute atomic E-state index is 15.6. The third kappa shape index (κ3) is 8.96. The number of benzene rings is 1. The van der Waals surface area contributed by atoms with Crippen LogP contribution in [-0.2, 0) is 21.3 Å². The van der Waals surface area contributed by atoms with Gasteiger partial charge in [0.25, 0.3) is 0 Å². The third-order valence-electron chi connectivity index (χ3n) is 7.34. The van der Waals surface area contributed by atoms with E-state index in [-0.39, 0.29) is 35.3 Å². The highest BCUT2D eigenvalue weighted by molar-refractivity contribution is 6.13. The maximum Gasteiger partial charge on any atom is 0.425 e. The van der Waals surface area contributed by atoms with Crippen molar-refractivity contribution >= 4 is 41.3 Å². The predicted octanol–water partition coefficient (Wildman–Crippen LogP) is 5.98. The van der Waals surface area contributed by atoms with E-state index in [4.69, 9.17) is 18.9 Å². The second kappa shape index (κ2) is 14.7. The summed E-state index contributed by atoms with van der Waals surface area (Å²) in [6, 6.07) is 7.00. The van der Waals surface area contributed by atoms with E-state index in [1.807, 2.05) is 18.2 Å². The van der Waals surface area contributed by atoms with Crippen LogP contribution in [0.1, 0.15) is 58.8 Å². The highest BCUT2D eigenvalue weighted by atomic mass is 19.1. The van der Waals surface area contributed by atoms with Crippen LogP contribution in [0.2, 0.25) is 0 Å². The van der Waals surface area contributed by atoms with E-state index in [2.05, 4.69) is 32.1 Å². The Morgan fingerprint density at radius 2 is 1.57 bits per heavy atom. The van der Waals surface area contributed by atoms with E-state index in [9.17, 15) is 14.4 Å². The number of methoxy groups -OCH3 is 1. The minimum Gasteiger partial charge on any atom is -0.495 e. The average molecular weight is 684 g/mol. The standard InChI is InChI=1S/C34H46FN7O7/c1-11-47-29(43)22-19-25(40(9)28(22)42(31(44)48-33(2,3)4)32(45)49-34(5,6)7)27-23(35)20-36-30(38-27)37-24-18-21(12-13-26(24)46-10)41-16-14-39(8)15-17-41/h12-13,18-20H,11,14-17H2,1-10H3,(H,36,37,38). The van der Waals surface area contributed by atoms with E-state index >= 15 is 4.39 Å². The Labute approximate surface area is 286 Å². The monoisotopic (exact) mass is 683 g/mol. The lowest BCUT2D eigenvalue weighted by molar-refractivity contribution is 0.0427. The SMILES string of the molecule is CCOC(=O)c1cc(-c2nc(Nc3cc(N4CCN(C)CC4)ccc3OC)ncc2F)n(C)c1N(C(=O)OC(C)(C)C)C(=O)OC(C)(C)C. The minimum absolute atomic E-state index is 0.00760. The zero-order valence-electron chi connectivity index (χ0n) is 29.8. The molecule has 0 spiro atoms. The molecule has 266 valence electrons. The third-order valence-corrected chi connectivity index (χ3v) is 7.34. The molecular weight excluding hydrogens is 637 g/mol. The van der Waals surface area contributed by atoms with Crippen LogP contribution in [0.25, 0.3) is 11.4 Å². The number of hydrogen-bond donors (Lipinski definition) is 1. The van der Waals surface area contributed by atoms with Crippen LogP contribution in [-0.4, -0.2) is 95.7 Å². The van der Waals surface area contributed by atoms with E-state index in [0.717, 1.165) is 38.1 Å². The van der Waals surface area contributed by atoms with Gasteiger partial charge in [0.15, 0.2) is 5.82 Å². The largest absolute Gasteiger partial charge is 0.495 e. The lowest BCUT2D eigenvalue weighted by atomic mass is 10.2. The number of nitrogens with one attached hydrogen (secondary N) is 1. The second-order valence-electron chi connectivity index (χ2n) is 13.5. The smallest absolute Gasteiger partial charge is 0.425 e. The Hall–Kier alpha value is -4.92. The number of rotatable bonds is 8. The fourth-order valence-electron chi connectivity index (χ4n) is 5.09. The Morgan fingerprint density at radius 1 is 0.959 bits per heavy atom. The molecule has 1 saturated heterocycles. The Bertz CT molecular complexity index is 1660. The number of esters is 1. The summed E-state index contributed by atoms with van der Waals surface area (Å²) in [6.07, 6.45) is -1.24. The molecular formula is C34H46FN7O7. The van der Waals surface area contributed by atoms with E-state index < -0.39 is 35.2 Å². The molecule has 2 amide bonds. The summed E-state index contributed by atoms with van der Waals surface area (Å²) in [7, 11) is 5.07. The van der Waals surface area contributed by atoms with Crippen molar-refractivity contribution in [2.75, 3.05) is 62.1 Å². The summed E-state index contributed by atoms with van der Waals surface area (Å²) in [5.41, 5.74) is -0.915. The van der Waals surface area contributed by atoms with Crippen LogP contribution in [0.5, 0.6) is 5.75 Å². The molecule has 1 aliphatic heterocycles. The van der Waals surface area contributed by atoms with Gasteiger partial charge in [-0.15, -0.1) is 0 Å². The van der Waals surface area contributed by atoms with Crippen molar-refractivity contribution in [1.82, 2.24) is 19.4 Å². The first-order valence-corrected chi connectivity index (χ1v) is 16.0. The van der Waals surface area contributed by atoms with Crippen molar-refractivity contribution in [3.05, 3.63) is 41.8 Å². The van der Waals surface area contributed by atoms with Gasteiger partial charge in [0.05, 0.1) is 31.3 Å². The number of ether oxygens (including phenoxy) is 4. The quantitative estimate of drug-likeness (QED) is 0.221. The first kappa shape index (κ1) is 36.9. The van der Waals surface area contributed by atoms with Gasteiger partial charge in [0, 0.05) is 38.9 Å². The molecule has 3 aromatic rings. The fraction of sp³-hybridized carbons (Fsp3) is 0.500. The van der Waals surface area contributed by atoms with Gasteiger partial charge < -0.3 is 38.6 Å². The molecule has 15 heteroatoms. The highest BCUT2D eigenvalue weighted by Crippen LogP contribution is 2.36. The number of carbonyl (C=O) groups excluding carboxylic acids is 3. The van der Waals surface area contributed by atoms with Crippen LogP contribution < -0.4 is 19.9 Å². The van der Waals surface area contributed by atoms with Gasteiger partial charge in [-0.25, -0.2) is 28.7 Å². The van der Waals surface area contributed by atoms with Crippen LogP contribution in [0, 0.1) is 5.82 Å². The summed E-state index contributed by atoms with van der Waals surface area (Å²) < 4.78 is 38.8. The molecule has 0 saturated carbocycles. The van der Waals surface area contributed by atoms with Crippen LogP contribution >= 0.6 is 0 Å². The number of hydrogen-bond acceptors (Lipinski definition) is 12. The molecule has 0 atom stereocenters. The molecule has 0 unspecified atom stereocenters.